The normalized spacial score (nSPS) is 14.0. The van der Waals surface area contributed by atoms with Gasteiger partial charge in [0.05, 0.1) is 19.8 Å². The second-order valence-electron chi connectivity index (χ2n) is 6.81. The lowest BCUT2D eigenvalue weighted by molar-refractivity contribution is 0.0981. The van der Waals surface area contributed by atoms with Crippen LogP contribution < -0.4 is 0 Å². The lowest BCUT2D eigenvalue weighted by Crippen LogP contribution is -2.26. The second-order valence-corrected chi connectivity index (χ2v) is 12.0. The molecule has 0 aromatic heterocycles. The maximum absolute atomic E-state index is 13.3. The van der Waals surface area contributed by atoms with Crippen LogP contribution in [0.25, 0.3) is 0 Å². The van der Waals surface area contributed by atoms with Crippen molar-refractivity contribution in [3.8, 4) is 12.3 Å². The summed E-state index contributed by atoms with van der Waals surface area (Å²) < 4.78 is 40.5. The van der Waals surface area contributed by atoms with Crippen LogP contribution in [0.1, 0.15) is 91.4 Å². The molecule has 0 aliphatic rings. The number of ether oxygens (including phenoxy) is 1. The lowest BCUT2D eigenvalue weighted by Gasteiger charge is -2.32. The van der Waals surface area contributed by atoms with Gasteiger partial charge in [-0.1, -0.05) is 64.7 Å². The minimum atomic E-state index is -3.73. The molecule has 0 amide bonds. The molecule has 0 radical (unpaired) electrons. The zero-order chi connectivity index (χ0) is 21.8. The molecule has 0 aliphatic carbocycles. The van der Waals surface area contributed by atoms with E-state index in [1.165, 1.54) is 63.1 Å². The number of terminal acetylenes is 1. The topological polar surface area (TPSA) is 61.8 Å². The Morgan fingerprint density at radius 3 is 1.90 bits per heavy atom. The first-order valence-electron chi connectivity index (χ1n) is 11.0. The average Bonchev–Trinajstić information content (AvgIpc) is 2.71. The molecule has 0 heterocycles. The Hall–Kier alpha value is 0.120. The molecule has 0 rings (SSSR count). The van der Waals surface area contributed by atoms with Gasteiger partial charge in [-0.25, -0.2) is 0 Å². The van der Waals surface area contributed by atoms with E-state index in [0.717, 1.165) is 12.8 Å². The molecule has 0 aliphatic heterocycles. The molecule has 5 nitrogen and oxygen atoms in total. The van der Waals surface area contributed by atoms with Crippen LogP contribution in [0.3, 0.4) is 0 Å². The summed E-state index contributed by atoms with van der Waals surface area (Å²) in [5.74, 6) is 3.15. The van der Waals surface area contributed by atoms with Gasteiger partial charge in [0.2, 0.25) is 8.46 Å². The average molecular weight is 467 g/mol. The maximum Gasteiger partial charge on any atom is 0.384 e. The van der Waals surface area contributed by atoms with E-state index in [-0.39, 0.29) is 19.8 Å². The number of unbranched alkanes of at least 4 members (excludes halogenated alkanes) is 9. The van der Waals surface area contributed by atoms with Crippen molar-refractivity contribution in [3.05, 3.63) is 0 Å². The summed E-state index contributed by atoms with van der Waals surface area (Å²) in [6, 6.07) is 0. The molecule has 0 N–H and O–H groups in total. The van der Waals surface area contributed by atoms with E-state index in [2.05, 4.69) is 12.8 Å². The molecule has 29 heavy (non-hydrogen) atoms. The van der Waals surface area contributed by atoms with Crippen LogP contribution in [-0.2, 0) is 22.9 Å². The van der Waals surface area contributed by atoms with Crippen LogP contribution in [-0.4, -0.2) is 30.0 Å². The van der Waals surface area contributed by atoms with Crippen molar-refractivity contribution < 1.29 is 22.9 Å². The molecule has 0 aromatic carbocycles. The van der Waals surface area contributed by atoms with E-state index >= 15 is 0 Å². The van der Waals surface area contributed by atoms with E-state index in [0.29, 0.717) is 12.2 Å². The predicted octanol–water partition coefficient (Wildman–Crippen LogP) is 7.85. The zero-order valence-electron chi connectivity index (χ0n) is 18.5. The second kappa shape index (κ2) is 18.9. The Morgan fingerprint density at radius 2 is 1.45 bits per heavy atom. The minimum Gasteiger partial charge on any atom is -0.343 e. The Bertz CT molecular complexity index is 488. The summed E-state index contributed by atoms with van der Waals surface area (Å²) in [5.41, 5.74) is 0. The molecule has 0 fully saturated rings. The van der Waals surface area contributed by atoms with E-state index < -0.39 is 20.5 Å². The zero-order valence-corrected chi connectivity index (χ0v) is 21.1. The summed E-state index contributed by atoms with van der Waals surface area (Å²) in [6.07, 6.45) is 18.0. The monoisotopic (exact) mass is 466 g/mol. The van der Waals surface area contributed by atoms with Gasteiger partial charge < -0.3 is 13.8 Å². The number of rotatable bonds is 21. The fraction of sp³-hybridized carbons (Fsp3) is 0.905. The number of thioether (sulfide) groups is 1. The van der Waals surface area contributed by atoms with Crippen molar-refractivity contribution in [2.24, 2.45) is 0 Å². The van der Waals surface area contributed by atoms with Gasteiger partial charge in [-0.3, -0.25) is 9.13 Å². The van der Waals surface area contributed by atoms with Gasteiger partial charge in [-0.2, -0.15) is 0 Å². The third kappa shape index (κ3) is 11.9. The highest BCUT2D eigenvalue weighted by atomic mass is 32.2. The highest BCUT2D eigenvalue weighted by Gasteiger charge is 2.54. The quantitative estimate of drug-likeness (QED) is 0.0743. The summed E-state index contributed by atoms with van der Waals surface area (Å²) in [6.45, 7) is 6.22. The molecule has 1 unspecified atom stereocenters. The summed E-state index contributed by atoms with van der Waals surface area (Å²) >= 11 is 1.25. The molecular formula is C21H40O5P2S. The Balaban J connectivity index is 4.53. The standard InChI is InChI=1S/C21H40O5P2S/c1-5-9-11-12-13-14-15-16-17-18-20-29-21(27-22,24-19-10-6-2)28(23,25-7-3)26-8-4/h2H,5,7-20H2,1,3-4H3. The predicted molar refractivity (Wildman–Crippen MR) is 125 cm³/mol. The van der Waals surface area contributed by atoms with E-state index in [4.69, 9.17) is 20.2 Å². The Morgan fingerprint density at radius 1 is 0.931 bits per heavy atom. The molecular weight excluding hydrogens is 426 g/mol. The molecule has 0 saturated carbocycles. The van der Waals surface area contributed by atoms with Crippen LogP contribution in [0.2, 0.25) is 0 Å². The fourth-order valence-electron chi connectivity index (χ4n) is 2.88. The van der Waals surface area contributed by atoms with Crippen molar-refractivity contribution >= 4 is 27.8 Å². The molecule has 8 heteroatoms. The summed E-state index contributed by atoms with van der Waals surface area (Å²) in [5, 5.41) is 0. The van der Waals surface area contributed by atoms with E-state index in [1.54, 1.807) is 13.8 Å². The van der Waals surface area contributed by atoms with Crippen LogP contribution >= 0.6 is 27.8 Å². The van der Waals surface area contributed by atoms with Gasteiger partial charge in [0.1, 0.15) is 0 Å². The van der Waals surface area contributed by atoms with E-state index in [1.807, 2.05) is 0 Å². The van der Waals surface area contributed by atoms with Crippen molar-refractivity contribution in [2.75, 3.05) is 25.6 Å². The Labute approximate surface area is 184 Å². The molecule has 0 spiro atoms. The minimum absolute atomic E-state index is 0.154. The molecule has 0 bridgehead atoms. The molecule has 0 saturated heterocycles. The molecule has 0 aromatic rings. The first-order valence-corrected chi connectivity index (χ1v) is 14.3. The lowest BCUT2D eigenvalue weighted by atomic mass is 10.1. The Kier molecular flexibility index (Phi) is 18.9. The van der Waals surface area contributed by atoms with Gasteiger partial charge in [0, 0.05) is 6.42 Å². The summed E-state index contributed by atoms with van der Waals surface area (Å²) in [4.78, 5) is 0. The number of hydrogen-bond donors (Lipinski definition) is 0. The summed E-state index contributed by atoms with van der Waals surface area (Å²) in [7, 11) is -4.15. The van der Waals surface area contributed by atoms with Crippen molar-refractivity contribution in [1.29, 1.82) is 0 Å². The molecule has 170 valence electrons. The largest absolute Gasteiger partial charge is 0.384 e. The van der Waals surface area contributed by atoms with Gasteiger partial charge in [0.15, 0.2) is 0 Å². The van der Waals surface area contributed by atoms with Crippen LogP contribution in [0.15, 0.2) is 0 Å². The third-order valence-electron chi connectivity index (χ3n) is 4.38. The first-order chi connectivity index (χ1) is 14.1. The number of hydrogen-bond acceptors (Lipinski definition) is 6. The third-order valence-corrected chi connectivity index (χ3v) is 10.4. The molecule has 1 atom stereocenters. The van der Waals surface area contributed by atoms with E-state index in [9.17, 15) is 9.13 Å². The van der Waals surface area contributed by atoms with Gasteiger partial charge in [0.25, 0.3) is 4.42 Å². The van der Waals surface area contributed by atoms with Crippen molar-refractivity contribution in [1.82, 2.24) is 0 Å². The highest BCUT2D eigenvalue weighted by molar-refractivity contribution is 8.11. The van der Waals surface area contributed by atoms with Crippen molar-refractivity contribution in [3.63, 3.8) is 0 Å². The van der Waals surface area contributed by atoms with Gasteiger partial charge >= 0.3 is 7.60 Å². The van der Waals surface area contributed by atoms with Crippen LogP contribution in [0.4, 0.5) is 0 Å². The van der Waals surface area contributed by atoms with Crippen LogP contribution in [0, 0.1) is 12.3 Å². The highest BCUT2D eigenvalue weighted by Crippen LogP contribution is 2.70. The van der Waals surface area contributed by atoms with Crippen LogP contribution in [0.5, 0.6) is 0 Å². The maximum atomic E-state index is 13.3. The first kappa shape index (κ1) is 29.1. The fourth-order valence-corrected chi connectivity index (χ4v) is 7.59. The van der Waals surface area contributed by atoms with Gasteiger partial charge in [-0.05, 0) is 26.0 Å². The smallest absolute Gasteiger partial charge is 0.343 e. The van der Waals surface area contributed by atoms with Crippen molar-refractivity contribution in [2.45, 2.75) is 95.8 Å². The van der Waals surface area contributed by atoms with Gasteiger partial charge in [-0.15, -0.1) is 24.1 Å². The SMILES string of the molecule is C#CCCOC(P=O)(SCCCCCCCCCCCC)P(=O)(OCC)OCC.